The SMILES string of the molecule is CCOc1ccccc1NC(=O)[C@H]1CC(=O)N(c2ccc3c(c2)OCCO3)C1. The van der Waals surface area contributed by atoms with Crippen molar-refractivity contribution in [2.45, 2.75) is 13.3 Å². The number of anilines is 2. The van der Waals surface area contributed by atoms with E-state index in [1.807, 2.05) is 25.1 Å². The van der Waals surface area contributed by atoms with Gasteiger partial charge < -0.3 is 24.4 Å². The summed E-state index contributed by atoms with van der Waals surface area (Å²) < 4.78 is 16.7. The highest BCUT2D eigenvalue weighted by Gasteiger charge is 2.35. The van der Waals surface area contributed by atoms with E-state index in [0.29, 0.717) is 55.0 Å². The number of hydrogen-bond donors (Lipinski definition) is 1. The molecule has 2 aromatic rings. The van der Waals surface area contributed by atoms with Crippen LogP contribution in [0.15, 0.2) is 42.5 Å². The molecular weight excluding hydrogens is 360 g/mol. The highest BCUT2D eigenvalue weighted by atomic mass is 16.6. The fraction of sp³-hybridized carbons (Fsp3) is 0.333. The van der Waals surface area contributed by atoms with Crippen LogP contribution in [0.5, 0.6) is 17.2 Å². The third-order valence-electron chi connectivity index (χ3n) is 4.78. The fourth-order valence-corrected chi connectivity index (χ4v) is 3.42. The fourth-order valence-electron chi connectivity index (χ4n) is 3.42. The van der Waals surface area contributed by atoms with Gasteiger partial charge in [-0.3, -0.25) is 9.59 Å². The molecule has 0 radical (unpaired) electrons. The van der Waals surface area contributed by atoms with Gasteiger partial charge in [0, 0.05) is 24.7 Å². The van der Waals surface area contributed by atoms with Crippen molar-refractivity contribution < 1.29 is 23.8 Å². The lowest BCUT2D eigenvalue weighted by atomic mass is 10.1. The van der Waals surface area contributed by atoms with E-state index >= 15 is 0 Å². The van der Waals surface area contributed by atoms with Crippen molar-refractivity contribution >= 4 is 23.2 Å². The molecule has 2 amide bonds. The monoisotopic (exact) mass is 382 g/mol. The van der Waals surface area contributed by atoms with Gasteiger partial charge in [0.15, 0.2) is 11.5 Å². The molecule has 28 heavy (non-hydrogen) atoms. The number of rotatable bonds is 5. The Kier molecular flexibility index (Phi) is 5.06. The Morgan fingerprint density at radius 3 is 2.79 bits per heavy atom. The third-order valence-corrected chi connectivity index (χ3v) is 4.78. The summed E-state index contributed by atoms with van der Waals surface area (Å²) in [6, 6.07) is 12.7. The number of fused-ring (bicyclic) bond motifs is 1. The summed E-state index contributed by atoms with van der Waals surface area (Å²) >= 11 is 0. The molecule has 1 saturated heterocycles. The Labute approximate surface area is 163 Å². The molecule has 0 bridgehead atoms. The smallest absolute Gasteiger partial charge is 0.229 e. The van der Waals surface area contributed by atoms with Crippen LogP contribution in [-0.4, -0.2) is 38.2 Å². The van der Waals surface area contributed by atoms with Crippen molar-refractivity contribution in [1.82, 2.24) is 0 Å². The predicted octanol–water partition coefficient (Wildman–Crippen LogP) is 2.85. The van der Waals surface area contributed by atoms with Crippen LogP contribution in [0.25, 0.3) is 0 Å². The zero-order valence-electron chi connectivity index (χ0n) is 15.6. The Balaban J connectivity index is 1.47. The molecule has 146 valence electrons. The van der Waals surface area contributed by atoms with Crippen LogP contribution >= 0.6 is 0 Å². The summed E-state index contributed by atoms with van der Waals surface area (Å²) in [7, 11) is 0. The summed E-state index contributed by atoms with van der Waals surface area (Å²) in [6.07, 6.45) is 0.164. The van der Waals surface area contributed by atoms with Gasteiger partial charge in [-0.1, -0.05) is 12.1 Å². The standard InChI is InChI=1S/C21H22N2O5/c1-2-26-17-6-4-3-5-16(17)22-21(25)14-11-20(24)23(13-14)15-7-8-18-19(12-15)28-10-9-27-18/h3-8,12,14H,2,9-11,13H2,1H3,(H,22,25)/t14-/m0/s1. The molecule has 0 unspecified atom stereocenters. The van der Waals surface area contributed by atoms with E-state index in [1.54, 1.807) is 29.2 Å². The van der Waals surface area contributed by atoms with E-state index in [4.69, 9.17) is 14.2 Å². The number of amides is 2. The zero-order valence-corrected chi connectivity index (χ0v) is 15.6. The minimum atomic E-state index is -0.435. The average molecular weight is 382 g/mol. The van der Waals surface area contributed by atoms with E-state index < -0.39 is 5.92 Å². The van der Waals surface area contributed by atoms with Crippen molar-refractivity contribution in [3.05, 3.63) is 42.5 Å². The first-order valence-electron chi connectivity index (χ1n) is 9.38. The first kappa shape index (κ1) is 18.2. The molecule has 2 aromatic carbocycles. The summed E-state index contributed by atoms with van der Waals surface area (Å²) in [5.41, 5.74) is 1.32. The van der Waals surface area contributed by atoms with Crippen LogP contribution in [-0.2, 0) is 9.59 Å². The van der Waals surface area contributed by atoms with Crippen molar-refractivity contribution in [2.24, 2.45) is 5.92 Å². The van der Waals surface area contributed by atoms with Crippen LogP contribution < -0.4 is 24.4 Å². The molecule has 2 aliphatic rings. The molecule has 0 spiro atoms. The molecule has 1 N–H and O–H groups in total. The molecule has 7 nitrogen and oxygen atoms in total. The van der Waals surface area contributed by atoms with Crippen LogP contribution in [0.2, 0.25) is 0 Å². The van der Waals surface area contributed by atoms with E-state index in [9.17, 15) is 9.59 Å². The van der Waals surface area contributed by atoms with E-state index in [-0.39, 0.29) is 18.2 Å². The second kappa shape index (κ2) is 7.80. The van der Waals surface area contributed by atoms with Crippen molar-refractivity contribution in [3.8, 4) is 17.2 Å². The normalized spacial score (nSPS) is 18.1. The molecule has 2 aliphatic heterocycles. The number of benzene rings is 2. The lowest BCUT2D eigenvalue weighted by Gasteiger charge is -2.22. The predicted molar refractivity (Wildman–Crippen MR) is 104 cm³/mol. The van der Waals surface area contributed by atoms with Gasteiger partial charge in [-0.05, 0) is 31.2 Å². The number of hydrogen-bond acceptors (Lipinski definition) is 5. The zero-order chi connectivity index (χ0) is 19.5. The summed E-state index contributed by atoms with van der Waals surface area (Å²) in [6.45, 7) is 3.71. The largest absolute Gasteiger partial charge is 0.492 e. The highest BCUT2D eigenvalue weighted by Crippen LogP contribution is 2.36. The first-order valence-corrected chi connectivity index (χ1v) is 9.38. The Morgan fingerprint density at radius 1 is 1.18 bits per heavy atom. The van der Waals surface area contributed by atoms with Crippen molar-refractivity contribution in [2.75, 3.05) is 36.6 Å². The lowest BCUT2D eigenvalue weighted by Crippen LogP contribution is -2.28. The van der Waals surface area contributed by atoms with Crippen LogP contribution in [0.1, 0.15) is 13.3 Å². The van der Waals surface area contributed by atoms with E-state index in [0.717, 1.165) is 0 Å². The topological polar surface area (TPSA) is 77.1 Å². The number of ether oxygens (including phenoxy) is 3. The number of nitrogens with zero attached hydrogens (tertiary/aromatic N) is 1. The van der Waals surface area contributed by atoms with Gasteiger partial charge in [0.25, 0.3) is 0 Å². The van der Waals surface area contributed by atoms with E-state index in [1.165, 1.54) is 0 Å². The van der Waals surface area contributed by atoms with Gasteiger partial charge in [0.05, 0.1) is 18.2 Å². The van der Waals surface area contributed by atoms with Gasteiger partial charge >= 0.3 is 0 Å². The van der Waals surface area contributed by atoms with Crippen LogP contribution in [0, 0.1) is 5.92 Å². The molecule has 7 heteroatoms. The average Bonchev–Trinajstić information content (AvgIpc) is 3.11. The van der Waals surface area contributed by atoms with Gasteiger partial charge in [0.1, 0.15) is 19.0 Å². The van der Waals surface area contributed by atoms with Crippen LogP contribution in [0.4, 0.5) is 11.4 Å². The van der Waals surface area contributed by atoms with Crippen molar-refractivity contribution in [3.63, 3.8) is 0 Å². The Hall–Kier alpha value is -3.22. The quantitative estimate of drug-likeness (QED) is 0.861. The summed E-state index contributed by atoms with van der Waals surface area (Å²) in [4.78, 5) is 26.9. The minimum absolute atomic E-state index is 0.0880. The minimum Gasteiger partial charge on any atom is -0.492 e. The number of carbonyl (C=O) groups excluding carboxylic acids is 2. The summed E-state index contributed by atoms with van der Waals surface area (Å²) in [5.74, 6) is 1.19. The number of carbonyl (C=O) groups is 2. The Morgan fingerprint density at radius 2 is 1.96 bits per heavy atom. The number of para-hydroxylation sites is 2. The second-order valence-corrected chi connectivity index (χ2v) is 6.65. The van der Waals surface area contributed by atoms with Gasteiger partial charge in [-0.15, -0.1) is 0 Å². The number of nitrogens with one attached hydrogen (secondary N) is 1. The molecule has 2 heterocycles. The Bertz CT molecular complexity index is 898. The first-order chi connectivity index (χ1) is 13.7. The summed E-state index contributed by atoms with van der Waals surface area (Å²) in [5, 5.41) is 2.89. The second-order valence-electron chi connectivity index (χ2n) is 6.65. The molecule has 1 fully saturated rings. The van der Waals surface area contributed by atoms with Gasteiger partial charge in [0.2, 0.25) is 11.8 Å². The molecule has 0 aromatic heterocycles. The third kappa shape index (κ3) is 3.60. The molecule has 4 rings (SSSR count). The maximum Gasteiger partial charge on any atom is 0.229 e. The molecule has 0 saturated carbocycles. The van der Waals surface area contributed by atoms with E-state index in [2.05, 4.69) is 5.32 Å². The maximum absolute atomic E-state index is 12.7. The highest BCUT2D eigenvalue weighted by molar-refractivity contribution is 6.04. The van der Waals surface area contributed by atoms with Gasteiger partial charge in [-0.25, -0.2) is 0 Å². The maximum atomic E-state index is 12.7. The van der Waals surface area contributed by atoms with Crippen molar-refractivity contribution in [1.29, 1.82) is 0 Å². The van der Waals surface area contributed by atoms with Crippen LogP contribution in [0.3, 0.4) is 0 Å². The molecule has 0 aliphatic carbocycles. The lowest BCUT2D eigenvalue weighted by molar-refractivity contribution is -0.122. The molecular formula is C21H22N2O5. The molecule has 1 atom stereocenters. The van der Waals surface area contributed by atoms with Gasteiger partial charge in [-0.2, -0.15) is 0 Å².